The minimum absolute atomic E-state index is 0.158. The van der Waals surface area contributed by atoms with Crippen LogP contribution in [0.15, 0.2) is 54.7 Å². The van der Waals surface area contributed by atoms with Crippen LogP contribution in [0.1, 0.15) is 34.3 Å². The fourth-order valence-corrected chi connectivity index (χ4v) is 3.44. The molecule has 4 rings (SSSR count). The highest BCUT2D eigenvalue weighted by molar-refractivity contribution is 5.97. The van der Waals surface area contributed by atoms with Crippen molar-refractivity contribution in [3.63, 3.8) is 0 Å². The molecular weight excluding hydrogens is 409 g/mol. The van der Waals surface area contributed by atoms with Crippen LogP contribution in [0.25, 0.3) is 11.1 Å². The lowest BCUT2D eigenvalue weighted by molar-refractivity contribution is 0.0945. The van der Waals surface area contributed by atoms with Gasteiger partial charge in [0.2, 0.25) is 5.88 Å². The Balaban J connectivity index is 1.58. The Labute approximate surface area is 186 Å². The molecule has 0 spiro atoms. The standard InChI is InChI=1S/C25H26FN3O3/c1-31-23-9-8-17(10-22(23)26)13-28-24(30)21-11-19(20-5-3-2-4-18(20)12-27)14-29-25(21)32-15-16-6-7-16/h2-5,8-11,14,16H,6-7,12-13,15,27H2,1H3,(H,28,30). The summed E-state index contributed by atoms with van der Waals surface area (Å²) in [4.78, 5) is 17.5. The summed E-state index contributed by atoms with van der Waals surface area (Å²) in [6.07, 6.45) is 3.96. The molecule has 3 N–H and O–H groups in total. The van der Waals surface area contributed by atoms with E-state index >= 15 is 0 Å². The first kappa shape index (κ1) is 21.8. The number of halogens is 1. The third-order valence-corrected chi connectivity index (χ3v) is 5.47. The van der Waals surface area contributed by atoms with Crippen LogP contribution in [-0.4, -0.2) is 24.6 Å². The minimum Gasteiger partial charge on any atom is -0.494 e. The molecule has 0 aliphatic heterocycles. The molecule has 3 aromatic rings. The molecule has 6 nitrogen and oxygen atoms in total. The molecule has 1 aliphatic carbocycles. The van der Waals surface area contributed by atoms with Crippen molar-refractivity contribution in [2.75, 3.05) is 13.7 Å². The van der Waals surface area contributed by atoms with Crippen LogP contribution in [0, 0.1) is 11.7 Å². The predicted octanol–water partition coefficient (Wildman–Crippen LogP) is 4.07. The van der Waals surface area contributed by atoms with Crippen molar-refractivity contribution >= 4 is 5.91 Å². The zero-order valence-corrected chi connectivity index (χ0v) is 17.9. The maximum Gasteiger partial charge on any atom is 0.257 e. The summed E-state index contributed by atoms with van der Waals surface area (Å²) >= 11 is 0. The third kappa shape index (κ3) is 5.06. The molecule has 1 heterocycles. The highest BCUT2D eigenvalue weighted by atomic mass is 19.1. The monoisotopic (exact) mass is 435 g/mol. The summed E-state index contributed by atoms with van der Waals surface area (Å²) < 4.78 is 24.8. The molecule has 0 unspecified atom stereocenters. The molecule has 0 radical (unpaired) electrons. The molecule has 1 saturated carbocycles. The molecule has 166 valence electrons. The summed E-state index contributed by atoms with van der Waals surface area (Å²) in [5.74, 6) is 0.157. The van der Waals surface area contributed by atoms with Gasteiger partial charge >= 0.3 is 0 Å². The van der Waals surface area contributed by atoms with Crippen molar-refractivity contribution in [3.05, 3.63) is 77.2 Å². The quantitative estimate of drug-likeness (QED) is 0.529. The lowest BCUT2D eigenvalue weighted by atomic mass is 10.00. The topological polar surface area (TPSA) is 86.5 Å². The van der Waals surface area contributed by atoms with Crippen LogP contribution < -0.4 is 20.5 Å². The number of rotatable bonds is 9. The van der Waals surface area contributed by atoms with Crippen molar-refractivity contribution in [2.24, 2.45) is 11.7 Å². The Morgan fingerprint density at radius 3 is 2.75 bits per heavy atom. The predicted molar refractivity (Wildman–Crippen MR) is 120 cm³/mol. The number of hydrogen-bond acceptors (Lipinski definition) is 5. The Morgan fingerprint density at radius 1 is 1.22 bits per heavy atom. The summed E-state index contributed by atoms with van der Waals surface area (Å²) in [5.41, 5.74) is 9.50. The first-order chi connectivity index (χ1) is 15.6. The van der Waals surface area contributed by atoms with Crippen LogP contribution >= 0.6 is 0 Å². The van der Waals surface area contributed by atoms with Gasteiger partial charge in [0, 0.05) is 24.8 Å². The number of nitrogens with two attached hydrogens (primary N) is 1. The normalized spacial score (nSPS) is 13.0. The molecule has 32 heavy (non-hydrogen) atoms. The Kier molecular flexibility index (Phi) is 6.66. The van der Waals surface area contributed by atoms with E-state index in [2.05, 4.69) is 10.3 Å². The van der Waals surface area contributed by atoms with Crippen molar-refractivity contribution in [2.45, 2.75) is 25.9 Å². The van der Waals surface area contributed by atoms with Crippen LogP contribution in [0.3, 0.4) is 0 Å². The Morgan fingerprint density at radius 2 is 2.03 bits per heavy atom. The van der Waals surface area contributed by atoms with Gasteiger partial charge in [0.1, 0.15) is 5.56 Å². The molecule has 2 aromatic carbocycles. The summed E-state index contributed by atoms with van der Waals surface area (Å²) in [7, 11) is 1.41. The number of nitrogens with one attached hydrogen (secondary N) is 1. The first-order valence-electron chi connectivity index (χ1n) is 10.6. The van der Waals surface area contributed by atoms with E-state index in [9.17, 15) is 9.18 Å². The van der Waals surface area contributed by atoms with Crippen molar-refractivity contribution < 1.29 is 18.7 Å². The lowest BCUT2D eigenvalue weighted by Gasteiger charge is -2.14. The fourth-order valence-electron chi connectivity index (χ4n) is 3.44. The van der Waals surface area contributed by atoms with E-state index in [1.807, 2.05) is 24.3 Å². The Bertz CT molecular complexity index is 1120. The second kappa shape index (κ2) is 9.78. The number of hydrogen-bond donors (Lipinski definition) is 2. The second-order valence-electron chi connectivity index (χ2n) is 7.84. The number of carbonyl (C=O) groups excluding carboxylic acids is 1. The van der Waals surface area contributed by atoms with Gasteiger partial charge in [0.25, 0.3) is 5.91 Å². The molecule has 1 aromatic heterocycles. The minimum atomic E-state index is -0.477. The zero-order chi connectivity index (χ0) is 22.5. The molecule has 7 heteroatoms. The number of methoxy groups -OCH3 is 1. The van der Waals surface area contributed by atoms with Gasteiger partial charge < -0.3 is 20.5 Å². The van der Waals surface area contributed by atoms with Crippen LogP contribution in [-0.2, 0) is 13.1 Å². The lowest BCUT2D eigenvalue weighted by Crippen LogP contribution is -2.24. The molecule has 1 aliphatic rings. The first-order valence-corrected chi connectivity index (χ1v) is 10.6. The van der Waals surface area contributed by atoms with E-state index in [1.54, 1.807) is 18.3 Å². The maximum absolute atomic E-state index is 14.0. The van der Waals surface area contributed by atoms with Gasteiger partial charge in [-0.2, -0.15) is 0 Å². The van der Waals surface area contributed by atoms with E-state index in [0.717, 1.165) is 29.5 Å². The molecule has 0 atom stereocenters. The third-order valence-electron chi connectivity index (χ3n) is 5.47. The highest BCUT2D eigenvalue weighted by Gasteiger charge is 2.24. The van der Waals surface area contributed by atoms with E-state index < -0.39 is 5.82 Å². The van der Waals surface area contributed by atoms with Gasteiger partial charge in [0.15, 0.2) is 11.6 Å². The average molecular weight is 435 g/mol. The second-order valence-corrected chi connectivity index (χ2v) is 7.84. The van der Waals surface area contributed by atoms with Crippen molar-refractivity contribution in [3.8, 4) is 22.8 Å². The number of nitrogens with zero attached hydrogens (tertiary/aromatic N) is 1. The van der Waals surface area contributed by atoms with Gasteiger partial charge in [-0.15, -0.1) is 0 Å². The Hall–Kier alpha value is -3.45. The van der Waals surface area contributed by atoms with Crippen LogP contribution in [0.5, 0.6) is 11.6 Å². The van der Waals surface area contributed by atoms with Gasteiger partial charge in [-0.1, -0.05) is 30.3 Å². The highest BCUT2D eigenvalue weighted by Crippen LogP contribution is 2.31. The summed E-state index contributed by atoms with van der Waals surface area (Å²) in [5, 5.41) is 2.84. The van der Waals surface area contributed by atoms with E-state index in [-0.39, 0.29) is 18.2 Å². The van der Waals surface area contributed by atoms with E-state index in [0.29, 0.717) is 36.1 Å². The van der Waals surface area contributed by atoms with Gasteiger partial charge in [0.05, 0.1) is 13.7 Å². The van der Waals surface area contributed by atoms with Crippen molar-refractivity contribution in [1.29, 1.82) is 0 Å². The largest absolute Gasteiger partial charge is 0.494 e. The van der Waals surface area contributed by atoms with E-state index in [1.165, 1.54) is 19.2 Å². The molecule has 1 fully saturated rings. The number of aromatic nitrogens is 1. The molecule has 1 amide bonds. The fraction of sp³-hybridized carbons (Fsp3) is 0.280. The number of benzene rings is 2. The van der Waals surface area contributed by atoms with Gasteiger partial charge in [-0.25, -0.2) is 9.37 Å². The average Bonchev–Trinajstić information content (AvgIpc) is 3.66. The van der Waals surface area contributed by atoms with Crippen molar-refractivity contribution in [1.82, 2.24) is 10.3 Å². The molecular formula is C25H26FN3O3. The van der Waals surface area contributed by atoms with Crippen LogP contribution in [0.2, 0.25) is 0 Å². The SMILES string of the molecule is COc1ccc(CNC(=O)c2cc(-c3ccccc3CN)cnc2OCC2CC2)cc1F. The maximum atomic E-state index is 14.0. The number of pyridine rings is 1. The number of amides is 1. The van der Waals surface area contributed by atoms with E-state index in [4.69, 9.17) is 15.2 Å². The smallest absolute Gasteiger partial charge is 0.257 e. The molecule has 0 saturated heterocycles. The van der Waals surface area contributed by atoms with Crippen LogP contribution in [0.4, 0.5) is 4.39 Å². The summed E-state index contributed by atoms with van der Waals surface area (Å²) in [6.45, 7) is 1.07. The van der Waals surface area contributed by atoms with Gasteiger partial charge in [-0.05, 0) is 53.6 Å². The summed E-state index contributed by atoms with van der Waals surface area (Å²) in [6, 6.07) is 14.1. The number of carbonyl (C=O) groups is 1. The number of ether oxygens (including phenoxy) is 2. The van der Waals surface area contributed by atoms with Gasteiger partial charge in [-0.3, -0.25) is 4.79 Å². The molecule has 0 bridgehead atoms. The zero-order valence-electron chi connectivity index (χ0n) is 17.9.